The number of hydrogen-bond acceptors (Lipinski definition) is 5. The summed E-state index contributed by atoms with van der Waals surface area (Å²) in [4.78, 5) is 13.5. The number of nitrogens with one attached hydrogen (secondary N) is 1. The zero-order valence-corrected chi connectivity index (χ0v) is 16.2. The first-order valence-electron chi connectivity index (χ1n) is 10.0. The average Bonchev–Trinajstić information content (AvgIpc) is 3.09. The number of halogens is 2. The topological polar surface area (TPSA) is 68.0 Å². The number of allylic oxidation sites excluding steroid dienone is 1. The third-order valence-electron chi connectivity index (χ3n) is 5.75. The van der Waals surface area contributed by atoms with Crippen LogP contribution in [0.4, 0.5) is 14.7 Å². The minimum absolute atomic E-state index is 0.000400. The molecule has 0 amide bonds. The van der Waals surface area contributed by atoms with Crippen LogP contribution in [-0.2, 0) is 6.42 Å². The summed E-state index contributed by atoms with van der Waals surface area (Å²) in [6.07, 6.45) is 8.20. The number of imidazole rings is 1. The van der Waals surface area contributed by atoms with Gasteiger partial charge in [-0.3, -0.25) is 0 Å². The molecule has 1 N–H and O–H groups in total. The Labute approximate surface area is 167 Å². The van der Waals surface area contributed by atoms with Crippen LogP contribution >= 0.6 is 0 Å². The van der Waals surface area contributed by atoms with Crippen LogP contribution in [0.25, 0.3) is 11.2 Å². The van der Waals surface area contributed by atoms with Gasteiger partial charge in [0.25, 0.3) is 0 Å². The molecule has 0 bridgehead atoms. The minimum Gasteiger partial charge on any atom is -0.351 e. The monoisotopic (exact) mass is 396 g/mol. The van der Waals surface area contributed by atoms with Gasteiger partial charge in [-0.05, 0) is 44.7 Å². The number of hydrogen-bond donors (Lipinski definition) is 1. The van der Waals surface area contributed by atoms with E-state index in [9.17, 15) is 8.78 Å². The fourth-order valence-electron chi connectivity index (χ4n) is 4.11. The van der Waals surface area contributed by atoms with Crippen LogP contribution in [0.1, 0.15) is 54.7 Å². The summed E-state index contributed by atoms with van der Waals surface area (Å²) in [6, 6.07) is 3.93. The first-order valence-corrected chi connectivity index (χ1v) is 10.0. The van der Waals surface area contributed by atoms with Gasteiger partial charge in [0.05, 0.1) is 23.3 Å². The maximum atomic E-state index is 13.4. The molecular weight excluding hydrogens is 374 g/mol. The Morgan fingerprint density at radius 1 is 1.14 bits per heavy atom. The molecule has 0 radical (unpaired) electrons. The zero-order valence-electron chi connectivity index (χ0n) is 16.2. The number of aryl methyl sites for hydroxylation is 2. The van der Waals surface area contributed by atoms with Crippen LogP contribution in [0, 0.1) is 6.92 Å². The van der Waals surface area contributed by atoms with Crippen LogP contribution in [-0.4, -0.2) is 36.5 Å². The van der Waals surface area contributed by atoms with Crippen LogP contribution in [0.3, 0.4) is 0 Å². The Kier molecular flexibility index (Phi) is 4.29. The van der Waals surface area contributed by atoms with E-state index in [1.54, 1.807) is 6.20 Å². The van der Waals surface area contributed by atoms with Gasteiger partial charge >= 0.3 is 0 Å². The molecule has 0 aliphatic heterocycles. The fraction of sp³-hybridized carbons (Fsp3) is 0.429. The second-order valence-corrected chi connectivity index (χ2v) is 7.87. The second-order valence-electron chi connectivity index (χ2n) is 7.87. The quantitative estimate of drug-likeness (QED) is 0.719. The highest BCUT2D eigenvalue weighted by atomic mass is 19.3. The highest BCUT2D eigenvalue weighted by Crippen LogP contribution is 2.34. The average molecular weight is 396 g/mol. The number of alkyl halides is 2. The smallest absolute Gasteiger partial charge is 0.248 e. The lowest BCUT2D eigenvalue weighted by Gasteiger charge is -2.29. The highest BCUT2D eigenvalue weighted by Gasteiger charge is 2.35. The molecule has 6 nitrogen and oxygen atoms in total. The van der Waals surface area contributed by atoms with E-state index in [0.29, 0.717) is 18.8 Å². The van der Waals surface area contributed by atoms with Crippen molar-refractivity contribution < 1.29 is 8.78 Å². The van der Waals surface area contributed by atoms with E-state index in [-0.39, 0.29) is 18.9 Å². The summed E-state index contributed by atoms with van der Waals surface area (Å²) in [5, 5.41) is 7.98. The number of rotatable bonds is 3. The SMILES string of the molecule is Cc1cnc2ccc(C3=CCCc4nc(NC5CCC(F)(F)CC5)ncc43)nn12. The Bertz CT molecular complexity index is 1090. The largest absolute Gasteiger partial charge is 0.351 e. The number of anilines is 1. The Morgan fingerprint density at radius 2 is 1.97 bits per heavy atom. The van der Waals surface area contributed by atoms with E-state index >= 15 is 0 Å². The van der Waals surface area contributed by atoms with Crippen molar-refractivity contribution in [3.05, 3.63) is 53.2 Å². The molecule has 1 fully saturated rings. The van der Waals surface area contributed by atoms with Gasteiger partial charge < -0.3 is 5.32 Å². The van der Waals surface area contributed by atoms with Crippen molar-refractivity contribution in [2.45, 2.75) is 57.4 Å². The molecule has 1 saturated carbocycles. The lowest BCUT2D eigenvalue weighted by atomic mass is 9.92. The summed E-state index contributed by atoms with van der Waals surface area (Å²) in [7, 11) is 0. The van der Waals surface area contributed by atoms with Gasteiger partial charge in [0.2, 0.25) is 11.9 Å². The predicted molar refractivity (Wildman–Crippen MR) is 106 cm³/mol. The van der Waals surface area contributed by atoms with Crippen LogP contribution in [0.2, 0.25) is 0 Å². The number of fused-ring (bicyclic) bond motifs is 2. The molecule has 5 rings (SSSR count). The lowest BCUT2D eigenvalue weighted by Crippen LogP contribution is -2.32. The first kappa shape index (κ1) is 18.1. The van der Waals surface area contributed by atoms with Gasteiger partial charge in [-0.1, -0.05) is 6.08 Å². The Hall–Kier alpha value is -2.90. The van der Waals surface area contributed by atoms with Crippen molar-refractivity contribution >= 4 is 17.2 Å². The normalized spacial score (nSPS) is 19.1. The van der Waals surface area contributed by atoms with Gasteiger partial charge in [0, 0.05) is 36.2 Å². The minimum atomic E-state index is -2.53. The molecule has 150 valence electrons. The molecule has 2 aliphatic rings. The molecule has 3 aromatic rings. The van der Waals surface area contributed by atoms with Crippen molar-refractivity contribution in [1.29, 1.82) is 0 Å². The summed E-state index contributed by atoms with van der Waals surface area (Å²) >= 11 is 0. The molecule has 0 atom stereocenters. The molecule has 3 heterocycles. The zero-order chi connectivity index (χ0) is 20.0. The van der Waals surface area contributed by atoms with E-state index in [1.165, 1.54) is 0 Å². The third kappa shape index (κ3) is 3.47. The van der Waals surface area contributed by atoms with Crippen LogP contribution < -0.4 is 5.32 Å². The Morgan fingerprint density at radius 3 is 2.79 bits per heavy atom. The van der Waals surface area contributed by atoms with Crippen molar-refractivity contribution in [3.63, 3.8) is 0 Å². The molecule has 0 spiro atoms. The van der Waals surface area contributed by atoms with Crippen molar-refractivity contribution in [2.24, 2.45) is 0 Å². The van der Waals surface area contributed by atoms with Gasteiger partial charge in [-0.25, -0.2) is 28.2 Å². The maximum Gasteiger partial charge on any atom is 0.248 e. The van der Waals surface area contributed by atoms with Gasteiger partial charge in [0.1, 0.15) is 0 Å². The summed E-state index contributed by atoms with van der Waals surface area (Å²) in [5.41, 5.74) is 5.61. The summed E-state index contributed by atoms with van der Waals surface area (Å²) in [6.45, 7) is 1.97. The molecular formula is C21H22F2N6. The molecule has 3 aromatic heterocycles. The van der Waals surface area contributed by atoms with Crippen LogP contribution in [0.15, 0.2) is 30.6 Å². The van der Waals surface area contributed by atoms with Crippen molar-refractivity contribution in [1.82, 2.24) is 24.6 Å². The van der Waals surface area contributed by atoms with Crippen LogP contribution in [0.5, 0.6) is 0 Å². The van der Waals surface area contributed by atoms with Crippen molar-refractivity contribution in [2.75, 3.05) is 5.32 Å². The lowest BCUT2D eigenvalue weighted by molar-refractivity contribution is -0.0361. The van der Waals surface area contributed by atoms with Gasteiger partial charge in [-0.2, -0.15) is 5.10 Å². The van der Waals surface area contributed by atoms with E-state index in [0.717, 1.165) is 46.7 Å². The standard InChI is InChI=1S/C21H22F2N6/c1-13-11-24-19-6-5-18(28-29(13)19)15-3-2-4-17-16(15)12-25-20(27-17)26-14-7-9-21(22,23)10-8-14/h3,5-6,11-12,14H,2,4,7-10H2,1H3,(H,25,26,27). The fourth-order valence-corrected chi connectivity index (χ4v) is 4.11. The summed E-state index contributed by atoms with van der Waals surface area (Å²) in [5.74, 6) is -2.01. The third-order valence-corrected chi connectivity index (χ3v) is 5.75. The van der Waals surface area contributed by atoms with Gasteiger partial charge in [0.15, 0.2) is 5.65 Å². The summed E-state index contributed by atoms with van der Waals surface area (Å²) < 4.78 is 28.6. The second kappa shape index (κ2) is 6.86. The Balaban J connectivity index is 1.40. The van der Waals surface area contributed by atoms with E-state index < -0.39 is 5.92 Å². The highest BCUT2D eigenvalue weighted by molar-refractivity contribution is 5.80. The van der Waals surface area contributed by atoms with E-state index in [2.05, 4.69) is 21.4 Å². The molecule has 0 unspecified atom stereocenters. The maximum absolute atomic E-state index is 13.4. The molecule has 2 aliphatic carbocycles. The van der Waals surface area contributed by atoms with Gasteiger partial charge in [-0.15, -0.1) is 0 Å². The van der Waals surface area contributed by atoms with E-state index in [1.807, 2.05) is 29.8 Å². The predicted octanol–water partition coefficient (Wildman–Crippen LogP) is 4.20. The number of aromatic nitrogens is 5. The van der Waals surface area contributed by atoms with Crippen molar-refractivity contribution in [3.8, 4) is 0 Å². The molecule has 0 aromatic carbocycles. The molecule has 29 heavy (non-hydrogen) atoms. The first-order chi connectivity index (χ1) is 14.0. The molecule has 0 saturated heterocycles. The number of nitrogens with zero attached hydrogens (tertiary/aromatic N) is 5. The molecule has 8 heteroatoms. The van der Waals surface area contributed by atoms with E-state index in [4.69, 9.17) is 10.1 Å².